The molecular weight excluding hydrogens is 295 g/mol. The van der Waals surface area contributed by atoms with E-state index in [9.17, 15) is 4.39 Å². The molecule has 0 unspecified atom stereocenters. The molecule has 0 aliphatic carbocycles. The molecule has 0 amide bonds. The Morgan fingerprint density at radius 2 is 2.20 bits per heavy atom. The van der Waals surface area contributed by atoms with E-state index >= 15 is 0 Å². The van der Waals surface area contributed by atoms with Crippen molar-refractivity contribution in [3.63, 3.8) is 0 Å². The lowest BCUT2D eigenvalue weighted by Gasteiger charge is -2.08. The van der Waals surface area contributed by atoms with E-state index in [0.29, 0.717) is 24.4 Å². The Labute approximate surface area is 125 Å². The summed E-state index contributed by atoms with van der Waals surface area (Å²) < 4.78 is 15.9. The Hall–Kier alpha value is -1.39. The van der Waals surface area contributed by atoms with E-state index < -0.39 is 0 Å². The quantitative estimate of drug-likeness (QED) is 0.654. The second-order valence-corrected chi connectivity index (χ2v) is 5.86. The Bertz CT molecular complexity index is 747. The van der Waals surface area contributed by atoms with Crippen LogP contribution in [0.15, 0.2) is 29.0 Å². The molecule has 5 heteroatoms. The number of para-hydroxylation sites is 1. The molecule has 1 aromatic carbocycles. The summed E-state index contributed by atoms with van der Waals surface area (Å²) in [4.78, 5) is 4.42. The fraction of sp³-hybridized carbons (Fsp3) is 0.267. The van der Waals surface area contributed by atoms with Gasteiger partial charge in [-0.05, 0) is 40.9 Å². The summed E-state index contributed by atoms with van der Waals surface area (Å²) in [5.41, 5.74) is 3.76. The van der Waals surface area contributed by atoms with Gasteiger partial charge in [-0.1, -0.05) is 6.07 Å². The molecule has 0 N–H and O–H groups in total. The largest absolute Gasteiger partial charge is 0.323 e. The zero-order valence-electron chi connectivity index (χ0n) is 11.1. The van der Waals surface area contributed by atoms with Crippen molar-refractivity contribution < 1.29 is 4.39 Å². The number of thiophene rings is 1. The normalized spacial score (nSPS) is 11.3. The summed E-state index contributed by atoms with van der Waals surface area (Å²) in [6.07, 6.45) is 0.638. The van der Waals surface area contributed by atoms with Gasteiger partial charge in [-0.15, -0.1) is 11.6 Å². The molecule has 104 valence electrons. The van der Waals surface area contributed by atoms with Crippen molar-refractivity contribution in [2.45, 2.75) is 19.9 Å². The van der Waals surface area contributed by atoms with Gasteiger partial charge in [-0.25, -0.2) is 9.37 Å². The Morgan fingerprint density at radius 3 is 2.90 bits per heavy atom. The van der Waals surface area contributed by atoms with Crippen molar-refractivity contribution in [2.75, 3.05) is 5.88 Å². The van der Waals surface area contributed by atoms with Gasteiger partial charge in [0.15, 0.2) is 5.82 Å². The van der Waals surface area contributed by atoms with Gasteiger partial charge in [0.2, 0.25) is 0 Å². The molecule has 0 bridgehead atoms. The van der Waals surface area contributed by atoms with Gasteiger partial charge in [0.1, 0.15) is 11.3 Å². The van der Waals surface area contributed by atoms with Gasteiger partial charge >= 0.3 is 0 Å². The van der Waals surface area contributed by atoms with Crippen LogP contribution in [0.5, 0.6) is 0 Å². The molecule has 0 radical (unpaired) electrons. The molecule has 2 heterocycles. The van der Waals surface area contributed by atoms with Crippen LogP contribution in [0.4, 0.5) is 4.39 Å². The van der Waals surface area contributed by atoms with Gasteiger partial charge in [0, 0.05) is 12.3 Å². The zero-order valence-corrected chi connectivity index (χ0v) is 12.6. The van der Waals surface area contributed by atoms with Crippen molar-refractivity contribution in [1.29, 1.82) is 0 Å². The van der Waals surface area contributed by atoms with Gasteiger partial charge in [0.05, 0.1) is 12.1 Å². The summed E-state index contributed by atoms with van der Waals surface area (Å²) in [6, 6.07) is 5.08. The molecule has 0 spiro atoms. The highest BCUT2D eigenvalue weighted by Gasteiger charge is 2.14. The van der Waals surface area contributed by atoms with E-state index in [1.807, 2.05) is 6.07 Å². The first-order chi connectivity index (χ1) is 9.70. The average Bonchev–Trinajstić information content (AvgIpc) is 2.98. The number of hydrogen-bond donors (Lipinski definition) is 0. The Balaban J connectivity index is 2.14. The molecule has 3 aromatic rings. The highest BCUT2D eigenvalue weighted by atomic mass is 35.5. The Kier molecular flexibility index (Phi) is 3.76. The van der Waals surface area contributed by atoms with E-state index in [4.69, 9.17) is 11.6 Å². The molecule has 20 heavy (non-hydrogen) atoms. The lowest BCUT2D eigenvalue weighted by Crippen LogP contribution is -2.06. The van der Waals surface area contributed by atoms with Crippen LogP contribution in [-0.4, -0.2) is 15.4 Å². The minimum absolute atomic E-state index is 0.279. The second-order valence-electron chi connectivity index (χ2n) is 4.74. The molecule has 0 aliphatic heterocycles. The van der Waals surface area contributed by atoms with Crippen molar-refractivity contribution >= 4 is 34.0 Å². The number of nitrogens with zero attached hydrogens (tertiary/aromatic N) is 2. The number of halogens is 2. The highest BCUT2D eigenvalue weighted by molar-refractivity contribution is 7.08. The van der Waals surface area contributed by atoms with Crippen LogP contribution < -0.4 is 0 Å². The van der Waals surface area contributed by atoms with Crippen LogP contribution in [0.2, 0.25) is 0 Å². The third kappa shape index (κ3) is 2.34. The number of aromatic nitrogens is 2. The fourth-order valence-corrected chi connectivity index (χ4v) is 3.35. The molecule has 2 nitrogen and oxygen atoms in total. The fourth-order valence-electron chi connectivity index (χ4n) is 2.33. The predicted molar refractivity (Wildman–Crippen MR) is 82.3 cm³/mol. The van der Waals surface area contributed by atoms with E-state index in [-0.39, 0.29) is 5.82 Å². The first-order valence-corrected chi connectivity index (χ1v) is 7.89. The maximum absolute atomic E-state index is 13.9. The van der Waals surface area contributed by atoms with Crippen LogP contribution in [0.1, 0.15) is 17.0 Å². The van der Waals surface area contributed by atoms with Gasteiger partial charge < -0.3 is 4.57 Å². The van der Waals surface area contributed by atoms with Gasteiger partial charge in [-0.3, -0.25) is 0 Å². The monoisotopic (exact) mass is 308 g/mol. The van der Waals surface area contributed by atoms with Crippen LogP contribution >= 0.6 is 22.9 Å². The maximum Gasteiger partial charge on any atom is 0.151 e. The second kappa shape index (κ2) is 5.54. The first-order valence-electron chi connectivity index (χ1n) is 6.42. The van der Waals surface area contributed by atoms with Crippen LogP contribution in [0, 0.1) is 12.7 Å². The maximum atomic E-state index is 13.9. The number of benzene rings is 1. The number of hydrogen-bond acceptors (Lipinski definition) is 2. The number of alkyl halides is 1. The number of fused-ring (bicyclic) bond motifs is 1. The lowest BCUT2D eigenvalue weighted by atomic mass is 10.2. The molecule has 0 atom stereocenters. The number of imidazole rings is 1. The minimum Gasteiger partial charge on any atom is -0.323 e. The molecule has 0 fully saturated rings. The third-order valence-corrected chi connectivity index (χ3v) is 4.52. The SMILES string of the molecule is Cc1cscc1Cn1c(CCCl)nc2c(F)cccc21. The predicted octanol–water partition coefficient (Wildman–Crippen LogP) is 4.37. The zero-order chi connectivity index (χ0) is 14.1. The smallest absolute Gasteiger partial charge is 0.151 e. The van der Waals surface area contributed by atoms with Crippen molar-refractivity contribution in [2.24, 2.45) is 0 Å². The first kappa shape index (κ1) is 13.6. The van der Waals surface area contributed by atoms with Crippen molar-refractivity contribution in [3.05, 3.63) is 51.7 Å². The van der Waals surface area contributed by atoms with E-state index in [2.05, 4.69) is 27.2 Å². The number of aryl methyl sites for hydroxylation is 2. The van der Waals surface area contributed by atoms with E-state index in [1.54, 1.807) is 17.4 Å². The van der Waals surface area contributed by atoms with Crippen molar-refractivity contribution in [3.8, 4) is 0 Å². The minimum atomic E-state index is -0.279. The van der Waals surface area contributed by atoms with Crippen LogP contribution in [0.25, 0.3) is 11.0 Å². The summed E-state index contributed by atoms with van der Waals surface area (Å²) >= 11 is 7.53. The summed E-state index contributed by atoms with van der Waals surface area (Å²) in [5.74, 6) is 1.04. The summed E-state index contributed by atoms with van der Waals surface area (Å²) in [5, 5.41) is 4.25. The highest BCUT2D eigenvalue weighted by Crippen LogP contribution is 2.23. The van der Waals surface area contributed by atoms with Crippen molar-refractivity contribution in [1.82, 2.24) is 9.55 Å². The standard InChI is InChI=1S/C15H14ClFN2S/c1-10-8-20-9-11(10)7-19-13-4-2-3-12(17)15(13)18-14(19)5-6-16/h2-4,8-9H,5-7H2,1H3. The average molecular weight is 309 g/mol. The molecule has 2 aromatic heterocycles. The summed E-state index contributed by atoms with van der Waals surface area (Å²) in [7, 11) is 0. The topological polar surface area (TPSA) is 17.8 Å². The molecule has 0 aliphatic rings. The summed E-state index contributed by atoms with van der Waals surface area (Å²) in [6.45, 7) is 2.80. The third-order valence-electron chi connectivity index (χ3n) is 3.42. The van der Waals surface area contributed by atoms with E-state index in [1.165, 1.54) is 17.2 Å². The molecule has 0 saturated heterocycles. The Morgan fingerprint density at radius 1 is 1.35 bits per heavy atom. The van der Waals surface area contributed by atoms with E-state index in [0.717, 1.165) is 11.3 Å². The number of rotatable bonds is 4. The molecule has 3 rings (SSSR count). The van der Waals surface area contributed by atoms with Gasteiger partial charge in [0.25, 0.3) is 0 Å². The van der Waals surface area contributed by atoms with Crippen LogP contribution in [-0.2, 0) is 13.0 Å². The molecular formula is C15H14ClFN2S. The molecule has 0 saturated carbocycles. The van der Waals surface area contributed by atoms with Gasteiger partial charge in [-0.2, -0.15) is 11.3 Å². The van der Waals surface area contributed by atoms with Crippen LogP contribution in [0.3, 0.4) is 0 Å². The lowest BCUT2D eigenvalue weighted by molar-refractivity contribution is 0.637.